The van der Waals surface area contributed by atoms with Crippen LogP contribution >= 0.6 is 0 Å². The first-order chi connectivity index (χ1) is 14.4. The van der Waals surface area contributed by atoms with Crippen LogP contribution in [0.3, 0.4) is 0 Å². The third kappa shape index (κ3) is 3.47. The Morgan fingerprint density at radius 3 is 2.63 bits per heavy atom. The second kappa shape index (κ2) is 7.59. The number of aryl methyl sites for hydroxylation is 1. The minimum atomic E-state index is -3.74. The lowest BCUT2D eigenvalue weighted by Crippen LogP contribution is -2.45. The summed E-state index contributed by atoms with van der Waals surface area (Å²) >= 11 is 0. The van der Waals surface area contributed by atoms with Crippen molar-refractivity contribution in [1.29, 1.82) is 5.26 Å². The summed E-state index contributed by atoms with van der Waals surface area (Å²) in [7, 11) is -3.74. The Balaban J connectivity index is 1.71. The number of carbonyl (C=O) groups is 1. The van der Waals surface area contributed by atoms with Crippen LogP contribution in [0.1, 0.15) is 17.5 Å². The smallest absolute Gasteiger partial charge is 0.268 e. The van der Waals surface area contributed by atoms with Crippen molar-refractivity contribution < 1.29 is 13.2 Å². The van der Waals surface area contributed by atoms with E-state index < -0.39 is 15.6 Å². The van der Waals surface area contributed by atoms with E-state index in [1.54, 1.807) is 36.5 Å². The molecule has 3 aromatic rings. The second-order valence-corrected chi connectivity index (χ2v) is 9.52. The number of para-hydroxylation sites is 1. The lowest BCUT2D eigenvalue weighted by molar-refractivity contribution is -0.110. The van der Waals surface area contributed by atoms with Crippen LogP contribution in [0.25, 0.3) is 10.9 Å². The maximum absolute atomic E-state index is 13.3. The Hall–Kier alpha value is -3.15. The number of nitrogens with one attached hydrogen (secondary N) is 1. The van der Waals surface area contributed by atoms with Gasteiger partial charge in [0.2, 0.25) is 6.41 Å². The highest BCUT2D eigenvalue weighted by Gasteiger charge is 2.38. The minimum Gasteiger partial charge on any atom is -0.339 e. The summed E-state index contributed by atoms with van der Waals surface area (Å²) in [6.07, 6.45) is 2.76. The van der Waals surface area contributed by atoms with E-state index >= 15 is 0 Å². The molecule has 1 aliphatic heterocycles. The zero-order chi connectivity index (χ0) is 21.4. The molecule has 1 saturated heterocycles. The van der Waals surface area contributed by atoms with Crippen LogP contribution in [0.2, 0.25) is 0 Å². The van der Waals surface area contributed by atoms with Gasteiger partial charge < -0.3 is 5.32 Å². The summed E-state index contributed by atoms with van der Waals surface area (Å²) in [4.78, 5) is 13.2. The SMILES string of the molecule is Cc1ccc(S(=O)(=O)n2cc(CN3CCC(C#N)(NC=O)C3)c3ccccc32)cc1. The van der Waals surface area contributed by atoms with Crippen molar-refractivity contribution >= 4 is 27.3 Å². The molecule has 8 heteroatoms. The third-order valence-corrected chi connectivity index (χ3v) is 7.32. The number of hydrogen-bond donors (Lipinski definition) is 1. The van der Waals surface area contributed by atoms with E-state index in [-0.39, 0.29) is 4.90 Å². The first-order valence-electron chi connectivity index (χ1n) is 9.65. The number of fused-ring (bicyclic) bond motifs is 1. The molecule has 7 nitrogen and oxygen atoms in total. The molecule has 0 radical (unpaired) electrons. The number of nitriles is 1. The largest absolute Gasteiger partial charge is 0.339 e. The average molecular weight is 423 g/mol. The van der Waals surface area contributed by atoms with E-state index in [9.17, 15) is 18.5 Å². The van der Waals surface area contributed by atoms with Gasteiger partial charge in [0, 0.05) is 31.2 Å². The number of nitrogens with zero attached hydrogens (tertiary/aromatic N) is 3. The molecule has 0 saturated carbocycles. The summed E-state index contributed by atoms with van der Waals surface area (Å²) < 4.78 is 27.9. The summed E-state index contributed by atoms with van der Waals surface area (Å²) in [5, 5.41) is 13.0. The van der Waals surface area contributed by atoms with Gasteiger partial charge in [0.1, 0.15) is 5.54 Å². The van der Waals surface area contributed by atoms with Gasteiger partial charge in [-0.05, 0) is 37.1 Å². The molecule has 1 aromatic heterocycles. The van der Waals surface area contributed by atoms with E-state index in [4.69, 9.17) is 0 Å². The van der Waals surface area contributed by atoms with Crippen LogP contribution in [0.5, 0.6) is 0 Å². The van der Waals surface area contributed by atoms with E-state index in [1.165, 1.54) is 3.97 Å². The van der Waals surface area contributed by atoms with Gasteiger partial charge in [-0.1, -0.05) is 35.9 Å². The van der Waals surface area contributed by atoms with Gasteiger partial charge in [-0.3, -0.25) is 9.69 Å². The number of amides is 1. The highest BCUT2D eigenvalue weighted by molar-refractivity contribution is 7.90. The number of benzene rings is 2. The van der Waals surface area contributed by atoms with Crippen molar-refractivity contribution in [3.05, 3.63) is 65.9 Å². The number of hydrogen-bond acceptors (Lipinski definition) is 5. The molecule has 1 atom stereocenters. The Kier molecular flexibility index (Phi) is 5.10. The number of aromatic nitrogens is 1. The molecular weight excluding hydrogens is 400 g/mol. The molecule has 1 N–H and O–H groups in total. The molecule has 1 amide bonds. The summed E-state index contributed by atoms with van der Waals surface area (Å²) in [5.74, 6) is 0. The first kappa shape index (κ1) is 20.1. The summed E-state index contributed by atoms with van der Waals surface area (Å²) in [6.45, 7) is 3.43. The highest BCUT2D eigenvalue weighted by Crippen LogP contribution is 2.29. The molecule has 154 valence electrons. The predicted octanol–water partition coefficient (Wildman–Crippen LogP) is 2.40. The Morgan fingerprint density at radius 1 is 1.20 bits per heavy atom. The Bertz CT molecular complexity index is 1240. The minimum absolute atomic E-state index is 0.236. The predicted molar refractivity (Wildman–Crippen MR) is 113 cm³/mol. The molecule has 2 aromatic carbocycles. The monoisotopic (exact) mass is 422 g/mol. The van der Waals surface area contributed by atoms with Crippen molar-refractivity contribution in [3.63, 3.8) is 0 Å². The van der Waals surface area contributed by atoms with Gasteiger partial charge in [0.05, 0.1) is 16.5 Å². The van der Waals surface area contributed by atoms with E-state index in [0.29, 0.717) is 38.0 Å². The van der Waals surface area contributed by atoms with Gasteiger partial charge >= 0.3 is 0 Å². The van der Waals surface area contributed by atoms with Crippen molar-refractivity contribution in [2.75, 3.05) is 13.1 Å². The number of carbonyl (C=O) groups excluding carboxylic acids is 1. The van der Waals surface area contributed by atoms with Crippen LogP contribution in [0.15, 0.2) is 59.6 Å². The van der Waals surface area contributed by atoms with Gasteiger partial charge in [0.25, 0.3) is 10.0 Å². The first-order valence-corrected chi connectivity index (χ1v) is 11.1. The fourth-order valence-electron chi connectivity index (χ4n) is 3.99. The molecule has 2 heterocycles. The molecular formula is C22H22N4O3S. The van der Waals surface area contributed by atoms with E-state index in [0.717, 1.165) is 16.5 Å². The molecule has 0 spiro atoms. The van der Waals surface area contributed by atoms with Crippen molar-refractivity contribution in [1.82, 2.24) is 14.2 Å². The summed E-state index contributed by atoms with van der Waals surface area (Å²) in [5.41, 5.74) is 1.57. The van der Waals surface area contributed by atoms with Crippen molar-refractivity contribution in [2.45, 2.75) is 30.3 Å². The van der Waals surface area contributed by atoms with Crippen LogP contribution in [0, 0.1) is 18.3 Å². The lowest BCUT2D eigenvalue weighted by Gasteiger charge is -2.20. The molecule has 0 aliphatic carbocycles. The maximum Gasteiger partial charge on any atom is 0.268 e. The fraction of sp³-hybridized carbons (Fsp3) is 0.273. The quantitative estimate of drug-likeness (QED) is 0.616. The zero-order valence-corrected chi connectivity index (χ0v) is 17.4. The van der Waals surface area contributed by atoms with Crippen LogP contribution in [0.4, 0.5) is 0 Å². The van der Waals surface area contributed by atoms with E-state index in [1.807, 2.05) is 25.1 Å². The Labute approximate surface area is 175 Å². The van der Waals surface area contributed by atoms with Crippen molar-refractivity contribution in [2.24, 2.45) is 0 Å². The molecule has 4 rings (SSSR count). The summed E-state index contributed by atoms with van der Waals surface area (Å²) in [6, 6.07) is 16.4. The normalized spacial score (nSPS) is 19.6. The molecule has 1 aliphatic rings. The van der Waals surface area contributed by atoms with Gasteiger partial charge in [0.15, 0.2) is 0 Å². The van der Waals surface area contributed by atoms with Gasteiger partial charge in [-0.15, -0.1) is 0 Å². The molecule has 1 unspecified atom stereocenters. The zero-order valence-electron chi connectivity index (χ0n) is 16.6. The lowest BCUT2D eigenvalue weighted by atomic mass is 10.0. The van der Waals surface area contributed by atoms with Crippen LogP contribution in [-0.4, -0.2) is 42.3 Å². The maximum atomic E-state index is 13.3. The van der Waals surface area contributed by atoms with Crippen molar-refractivity contribution in [3.8, 4) is 6.07 Å². The topological polar surface area (TPSA) is 95.2 Å². The molecule has 0 bridgehead atoms. The van der Waals surface area contributed by atoms with E-state index in [2.05, 4.69) is 16.3 Å². The number of likely N-dealkylation sites (tertiary alicyclic amines) is 1. The second-order valence-electron chi connectivity index (χ2n) is 7.70. The molecule has 1 fully saturated rings. The van der Waals surface area contributed by atoms with Gasteiger partial charge in [-0.25, -0.2) is 12.4 Å². The Morgan fingerprint density at radius 2 is 1.93 bits per heavy atom. The molecule has 30 heavy (non-hydrogen) atoms. The third-order valence-electron chi connectivity index (χ3n) is 5.63. The average Bonchev–Trinajstić information content (AvgIpc) is 3.32. The van der Waals surface area contributed by atoms with Crippen LogP contribution < -0.4 is 5.32 Å². The number of rotatable bonds is 6. The fourth-order valence-corrected chi connectivity index (χ4v) is 5.38. The van der Waals surface area contributed by atoms with Gasteiger partial charge in [-0.2, -0.15) is 5.26 Å². The highest BCUT2D eigenvalue weighted by atomic mass is 32.2. The standard InChI is InChI=1S/C22H22N4O3S/c1-17-6-8-19(9-7-17)30(28,29)26-13-18(20-4-2-3-5-21(20)26)12-25-11-10-22(14-23,15-25)24-16-27/h2-9,13,16H,10-12,15H2,1H3,(H,24,27). The van der Waals surface area contributed by atoms with Crippen LogP contribution in [-0.2, 0) is 21.4 Å².